The molecule has 0 saturated carbocycles. The number of amides is 1. The normalized spacial score (nSPS) is 17.1. The predicted octanol–water partition coefficient (Wildman–Crippen LogP) is 1.72. The number of aromatic nitrogens is 1. The van der Waals surface area contributed by atoms with Crippen molar-refractivity contribution < 1.29 is 4.79 Å². The van der Waals surface area contributed by atoms with E-state index in [2.05, 4.69) is 27.8 Å². The molecule has 0 fully saturated rings. The topological polar surface area (TPSA) is 54.0 Å². The second kappa shape index (κ2) is 6.06. The van der Waals surface area contributed by atoms with Crippen molar-refractivity contribution in [2.75, 3.05) is 0 Å². The third-order valence-corrected chi connectivity index (χ3v) is 3.79. The van der Waals surface area contributed by atoms with Crippen LogP contribution < -0.4 is 10.6 Å². The zero-order chi connectivity index (χ0) is 14.7. The molecule has 1 aliphatic heterocycles. The number of pyridine rings is 1. The Morgan fingerprint density at radius 1 is 1.24 bits per heavy atom. The number of hydrogen-bond donors (Lipinski definition) is 2. The van der Waals surface area contributed by atoms with Crippen LogP contribution in [0.1, 0.15) is 22.5 Å². The van der Waals surface area contributed by atoms with Gasteiger partial charge in [-0.2, -0.15) is 0 Å². The summed E-state index contributed by atoms with van der Waals surface area (Å²) in [5.41, 5.74) is 4.39. The largest absolute Gasteiger partial charge is 0.349 e. The Kier molecular flexibility index (Phi) is 3.97. The number of nitrogens with one attached hydrogen (secondary N) is 2. The van der Waals surface area contributed by atoms with Gasteiger partial charge in [-0.3, -0.25) is 9.78 Å². The summed E-state index contributed by atoms with van der Waals surface area (Å²) in [6.45, 7) is 3.17. The third-order valence-electron chi connectivity index (χ3n) is 3.79. The van der Waals surface area contributed by atoms with Crippen molar-refractivity contribution >= 4 is 5.91 Å². The molecule has 4 nitrogen and oxygen atoms in total. The van der Waals surface area contributed by atoms with Gasteiger partial charge in [0.25, 0.3) is 0 Å². The highest BCUT2D eigenvalue weighted by atomic mass is 16.2. The quantitative estimate of drug-likeness (QED) is 0.900. The minimum Gasteiger partial charge on any atom is -0.349 e. The van der Waals surface area contributed by atoms with Crippen LogP contribution in [0.5, 0.6) is 0 Å². The van der Waals surface area contributed by atoms with E-state index in [0.29, 0.717) is 6.54 Å². The summed E-state index contributed by atoms with van der Waals surface area (Å²) in [6.07, 6.45) is 0.739. The lowest BCUT2D eigenvalue weighted by molar-refractivity contribution is -0.123. The number of carbonyl (C=O) groups is 1. The summed E-state index contributed by atoms with van der Waals surface area (Å²) < 4.78 is 0. The Morgan fingerprint density at radius 3 is 2.86 bits per heavy atom. The molecule has 3 rings (SSSR count). The Bertz CT molecular complexity index is 654. The lowest BCUT2D eigenvalue weighted by Gasteiger charge is -2.25. The molecule has 0 unspecified atom stereocenters. The van der Waals surface area contributed by atoms with Gasteiger partial charge < -0.3 is 10.6 Å². The molecule has 1 aromatic carbocycles. The minimum atomic E-state index is -0.162. The number of benzene rings is 1. The highest BCUT2D eigenvalue weighted by Crippen LogP contribution is 2.16. The average Bonchev–Trinajstić information content (AvgIpc) is 2.52. The number of hydrogen-bond acceptors (Lipinski definition) is 3. The monoisotopic (exact) mass is 281 g/mol. The molecular formula is C17H19N3O. The molecule has 2 aromatic rings. The van der Waals surface area contributed by atoms with Crippen LogP contribution in [0, 0.1) is 6.92 Å². The first-order chi connectivity index (χ1) is 10.2. The fraction of sp³-hybridized carbons (Fsp3) is 0.294. The summed E-state index contributed by atoms with van der Waals surface area (Å²) in [6, 6.07) is 13.9. The van der Waals surface area contributed by atoms with Crippen LogP contribution in [-0.2, 0) is 24.3 Å². The number of aryl methyl sites for hydroxylation is 1. The molecule has 1 aliphatic rings. The van der Waals surface area contributed by atoms with E-state index < -0.39 is 0 Å². The molecule has 4 heteroatoms. The van der Waals surface area contributed by atoms with E-state index in [-0.39, 0.29) is 11.9 Å². The summed E-state index contributed by atoms with van der Waals surface area (Å²) in [5.74, 6) is 0.0350. The Morgan fingerprint density at radius 2 is 2.05 bits per heavy atom. The molecule has 21 heavy (non-hydrogen) atoms. The molecule has 0 spiro atoms. The zero-order valence-corrected chi connectivity index (χ0v) is 12.1. The van der Waals surface area contributed by atoms with Crippen molar-refractivity contribution in [2.45, 2.75) is 32.5 Å². The van der Waals surface area contributed by atoms with Gasteiger partial charge in [0.1, 0.15) is 0 Å². The maximum Gasteiger partial charge on any atom is 0.237 e. The number of nitrogens with zero attached hydrogens (tertiary/aromatic N) is 1. The van der Waals surface area contributed by atoms with Gasteiger partial charge in [-0.25, -0.2) is 0 Å². The first-order valence-corrected chi connectivity index (χ1v) is 7.23. The zero-order valence-electron chi connectivity index (χ0n) is 12.1. The lowest BCUT2D eigenvalue weighted by Crippen LogP contribution is -2.47. The SMILES string of the molecule is Cc1cccc(CNC(=O)[C@@H]2Cc3ccccc3CN2)n1. The molecule has 2 N–H and O–H groups in total. The fourth-order valence-electron chi connectivity index (χ4n) is 2.64. The molecule has 2 heterocycles. The van der Waals surface area contributed by atoms with Gasteiger partial charge >= 0.3 is 0 Å². The van der Waals surface area contributed by atoms with E-state index in [1.54, 1.807) is 0 Å². The Hall–Kier alpha value is -2.20. The van der Waals surface area contributed by atoms with Crippen molar-refractivity contribution in [2.24, 2.45) is 0 Å². The van der Waals surface area contributed by atoms with Gasteiger partial charge in [0.2, 0.25) is 5.91 Å². The molecule has 108 valence electrons. The van der Waals surface area contributed by atoms with Gasteiger partial charge in [0, 0.05) is 12.2 Å². The van der Waals surface area contributed by atoms with E-state index in [1.807, 2.05) is 37.3 Å². The first-order valence-electron chi connectivity index (χ1n) is 7.23. The highest BCUT2D eigenvalue weighted by Gasteiger charge is 2.23. The molecule has 0 bridgehead atoms. The lowest BCUT2D eigenvalue weighted by atomic mass is 9.95. The molecule has 0 saturated heterocycles. The molecular weight excluding hydrogens is 262 g/mol. The average molecular weight is 281 g/mol. The van der Waals surface area contributed by atoms with Crippen molar-refractivity contribution in [3.05, 3.63) is 65.0 Å². The smallest absolute Gasteiger partial charge is 0.237 e. The van der Waals surface area contributed by atoms with Gasteiger partial charge in [-0.15, -0.1) is 0 Å². The summed E-state index contributed by atoms with van der Waals surface area (Å²) in [7, 11) is 0. The molecule has 1 aromatic heterocycles. The maximum atomic E-state index is 12.3. The van der Waals surface area contributed by atoms with Crippen molar-refractivity contribution in [1.82, 2.24) is 15.6 Å². The third kappa shape index (κ3) is 3.28. The molecule has 0 aliphatic carbocycles. The summed E-state index contributed by atoms with van der Waals surface area (Å²) >= 11 is 0. The van der Waals surface area contributed by atoms with Crippen LogP contribution in [0.25, 0.3) is 0 Å². The second-order valence-corrected chi connectivity index (χ2v) is 5.39. The van der Waals surface area contributed by atoms with Crippen molar-refractivity contribution in [3.63, 3.8) is 0 Å². The van der Waals surface area contributed by atoms with Crippen LogP contribution in [0.2, 0.25) is 0 Å². The van der Waals surface area contributed by atoms with Crippen LogP contribution in [0.15, 0.2) is 42.5 Å². The maximum absolute atomic E-state index is 12.3. The van der Waals surface area contributed by atoms with Gasteiger partial charge in [0.05, 0.1) is 18.3 Å². The fourth-order valence-corrected chi connectivity index (χ4v) is 2.64. The van der Waals surface area contributed by atoms with E-state index in [1.165, 1.54) is 11.1 Å². The Balaban J connectivity index is 1.59. The van der Waals surface area contributed by atoms with Crippen LogP contribution >= 0.6 is 0 Å². The van der Waals surface area contributed by atoms with E-state index in [0.717, 1.165) is 24.4 Å². The number of fused-ring (bicyclic) bond motifs is 1. The minimum absolute atomic E-state index is 0.0350. The van der Waals surface area contributed by atoms with E-state index in [4.69, 9.17) is 0 Å². The van der Waals surface area contributed by atoms with Gasteiger partial charge in [-0.05, 0) is 36.6 Å². The number of carbonyl (C=O) groups excluding carboxylic acids is 1. The van der Waals surface area contributed by atoms with Gasteiger partial charge in [0.15, 0.2) is 0 Å². The van der Waals surface area contributed by atoms with Crippen molar-refractivity contribution in [3.8, 4) is 0 Å². The van der Waals surface area contributed by atoms with Crippen LogP contribution in [-0.4, -0.2) is 16.9 Å². The van der Waals surface area contributed by atoms with Crippen molar-refractivity contribution in [1.29, 1.82) is 0 Å². The Labute approximate surface area is 124 Å². The van der Waals surface area contributed by atoms with Crippen LogP contribution in [0.4, 0.5) is 0 Å². The first kappa shape index (κ1) is 13.8. The summed E-state index contributed by atoms with van der Waals surface area (Å²) in [5, 5.41) is 6.25. The standard InChI is InChI=1S/C17H19N3O/c1-12-5-4-8-15(20-12)11-19-17(21)16-9-13-6-2-3-7-14(13)10-18-16/h2-8,16,18H,9-11H2,1H3,(H,19,21)/t16-/m0/s1. The number of rotatable bonds is 3. The van der Waals surface area contributed by atoms with Gasteiger partial charge in [-0.1, -0.05) is 30.3 Å². The molecule has 1 amide bonds. The second-order valence-electron chi connectivity index (χ2n) is 5.39. The van der Waals surface area contributed by atoms with E-state index >= 15 is 0 Å². The highest BCUT2D eigenvalue weighted by molar-refractivity contribution is 5.82. The van der Waals surface area contributed by atoms with E-state index in [9.17, 15) is 4.79 Å². The molecule has 0 radical (unpaired) electrons. The summed E-state index contributed by atoms with van der Waals surface area (Å²) in [4.78, 5) is 16.7. The molecule has 1 atom stereocenters. The van der Waals surface area contributed by atoms with Crippen LogP contribution in [0.3, 0.4) is 0 Å². The predicted molar refractivity (Wildman–Crippen MR) is 81.6 cm³/mol.